The van der Waals surface area contributed by atoms with Gasteiger partial charge in [-0.05, 0) is 37.3 Å². The Morgan fingerprint density at radius 3 is 2.33 bits per heavy atom. The van der Waals surface area contributed by atoms with Gasteiger partial charge >= 0.3 is 0 Å². The summed E-state index contributed by atoms with van der Waals surface area (Å²) >= 11 is 0. The Hall–Kier alpha value is -3.55. The molecule has 8 nitrogen and oxygen atoms in total. The van der Waals surface area contributed by atoms with Crippen LogP contribution in [0.3, 0.4) is 0 Å². The molecule has 24 heavy (non-hydrogen) atoms. The van der Waals surface area contributed by atoms with Crippen LogP contribution in [0.2, 0.25) is 0 Å². The number of nitro benzene ring substituents is 1. The average Bonchev–Trinajstić information content (AvgIpc) is 2.55. The molecule has 0 fully saturated rings. The number of nitrogens with two attached hydrogens (primary N) is 1. The van der Waals surface area contributed by atoms with E-state index in [9.17, 15) is 19.7 Å². The van der Waals surface area contributed by atoms with Crippen molar-refractivity contribution >= 4 is 29.0 Å². The lowest BCUT2D eigenvalue weighted by molar-refractivity contribution is -0.385. The molecule has 0 heterocycles. The normalized spacial score (nSPS) is 11.0. The van der Waals surface area contributed by atoms with Crippen LogP contribution in [-0.4, -0.2) is 22.6 Å². The second-order valence-electron chi connectivity index (χ2n) is 4.83. The fourth-order valence-corrected chi connectivity index (χ4v) is 1.95. The summed E-state index contributed by atoms with van der Waals surface area (Å²) in [7, 11) is 0. The molecular formula is C16H14N4O4. The molecule has 1 amide bonds. The summed E-state index contributed by atoms with van der Waals surface area (Å²) in [5.41, 5.74) is 6.16. The van der Waals surface area contributed by atoms with Gasteiger partial charge in [-0.25, -0.2) is 4.99 Å². The number of hydrogen-bond acceptors (Lipinski definition) is 5. The van der Waals surface area contributed by atoms with Gasteiger partial charge in [-0.15, -0.1) is 0 Å². The molecule has 8 heteroatoms. The minimum Gasteiger partial charge on any atom is -0.369 e. The van der Waals surface area contributed by atoms with E-state index in [-0.39, 0.29) is 23.0 Å². The topological polar surface area (TPSA) is 128 Å². The monoisotopic (exact) mass is 326 g/mol. The lowest BCUT2D eigenvalue weighted by Gasteiger charge is -2.05. The number of hydrogen-bond donors (Lipinski definition) is 2. The van der Waals surface area contributed by atoms with E-state index in [0.29, 0.717) is 11.3 Å². The van der Waals surface area contributed by atoms with Crippen molar-refractivity contribution in [3.8, 4) is 0 Å². The molecule has 0 unspecified atom stereocenters. The summed E-state index contributed by atoms with van der Waals surface area (Å²) in [5.74, 6) is -1.03. The molecule has 0 saturated heterocycles. The lowest BCUT2D eigenvalue weighted by Crippen LogP contribution is -2.36. The fraction of sp³-hybridized carbons (Fsp3) is 0.0625. The van der Waals surface area contributed by atoms with Crippen LogP contribution < -0.4 is 11.1 Å². The summed E-state index contributed by atoms with van der Waals surface area (Å²) in [6.45, 7) is 1.44. The van der Waals surface area contributed by atoms with Gasteiger partial charge in [0.05, 0.1) is 10.6 Å². The maximum Gasteiger partial charge on any atom is 0.282 e. The van der Waals surface area contributed by atoms with Gasteiger partial charge in [0.2, 0.25) is 5.96 Å². The van der Waals surface area contributed by atoms with Gasteiger partial charge in [0.25, 0.3) is 11.6 Å². The summed E-state index contributed by atoms with van der Waals surface area (Å²) in [5, 5.41) is 13.2. The molecule has 0 radical (unpaired) electrons. The van der Waals surface area contributed by atoms with Crippen molar-refractivity contribution in [2.75, 3.05) is 0 Å². The Labute approximate surface area is 137 Å². The van der Waals surface area contributed by atoms with E-state index in [4.69, 9.17) is 5.73 Å². The van der Waals surface area contributed by atoms with E-state index in [1.165, 1.54) is 31.2 Å². The third kappa shape index (κ3) is 4.01. The van der Waals surface area contributed by atoms with Crippen LogP contribution >= 0.6 is 0 Å². The number of nitrogens with one attached hydrogen (secondary N) is 1. The zero-order chi connectivity index (χ0) is 17.7. The first-order valence-corrected chi connectivity index (χ1v) is 6.88. The van der Waals surface area contributed by atoms with Crippen LogP contribution in [0.5, 0.6) is 0 Å². The van der Waals surface area contributed by atoms with Gasteiger partial charge in [0.1, 0.15) is 5.56 Å². The van der Waals surface area contributed by atoms with E-state index < -0.39 is 10.8 Å². The lowest BCUT2D eigenvalue weighted by atomic mass is 10.1. The third-order valence-electron chi connectivity index (χ3n) is 3.11. The second-order valence-corrected chi connectivity index (χ2v) is 4.83. The van der Waals surface area contributed by atoms with Crippen LogP contribution in [0.15, 0.2) is 53.5 Å². The van der Waals surface area contributed by atoms with Crippen molar-refractivity contribution in [3.63, 3.8) is 0 Å². The highest BCUT2D eigenvalue weighted by atomic mass is 16.6. The minimum atomic E-state index is -0.732. The summed E-state index contributed by atoms with van der Waals surface area (Å²) in [6, 6.07) is 11.8. The van der Waals surface area contributed by atoms with Gasteiger partial charge in [-0.2, -0.15) is 0 Å². The first-order valence-electron chi connectivity index (χ1n) is 6.88. The van der Waals surface area contributed by atoms with Crippen LogP contribution in [0.4, 0.5) is 11.4 Å². The van der Waals surface area contributed by atoms with Crippen molar-refractivity contribution in [3.05, 3.63) is 69.8 Å². The van der Waals surface area contributed by atoms with Crippen molar-refractivity contribution in [1.82, 2.24) is 5.32 Å². The Kier molecular flexibility index (Phi) is 5.00. The molecule has 2 aromatic carbocycles. The van der Waals surface area contributed by atoms with Crippen LogP contribution in [0.25, 0.3) is 0 Å². The Morgan fingerprint density at radius 2 is 1.75 bits per heavy atom. The van der Waals surface area contributed by atoms with Crippen molar-refractivity contribution in [1.29, 1.82) is 0 Å². The summed E-state index contributed by atoms with van der Waals surface area (Å²) in [4.78, 5) is 37.5. The molecule has 0 spiro atoms. The number of nitrogens with zero attached hydrogens (tertiary/aromatic N) is 2. The molecule has 2 rings (SSSR count). The maximum atomic E-state index is 12.1. The molecular weight excluding hydrogens is 312 g/mol. The largest absolute Gasteiger partial charge is 0.369 e. The van der Waals surface area contributed by atoms with Gasteiger partial charge in [0, 0.05) is 11.6 Å². The van der Waals surface area contributed by atoms with Gasteiger partial charge < -0.3 is 5.73 Å². The van der Waals surface area contributed by atoms with Crippen LogP contribution in [0.1, 0.15) is 27.6 Å². The Bertz CT molecular complexity index is 828. The van der Waals surface area contributed by atoms with E-state index in [2.05, 4.69) is 10.3 Å². The number of rotatable bonds is 4. The van der Waals surface area contributed by atoms with Gasteiger partial charge in [0.15, 0.2) is 5.78 Å². The predicted molar refractivity (Wildman–Crippen MR) is 88.3 cm³/mol. The zero-order valence-electron chi connectivity index (χ0n) is 12.7. The van der Waals surface area contributed by atoms with E-state index >= 15 is 0 Å². The number of benzene rings is 2. The predicted octanol–water partition coefficient (Wildman–Crippen LogP) is 2.17. The number of ketones is 1. The SMILES string of the molecule is CC(=O)c1ccc(N=C(N)NC(=O)c2ccccc2[N+](=O)[O-])cc1. The molecule has 0 saturated carbocycles. The molecule has 3 N–H and O–H groups in total. The minimum absolute atomic E-state index is 0.0804. The van der Waals surface area contributed by atoms with Crippen molar-refractivity contribution in [2.45, 2.75) is 6.92 Å². The number of amides is 1. The number of aliphatic imine (C=N–C) groups is 1. The van der Waals surface area contributed by atoms with Crippen LogP contribution in [0, 0.1) is 10.1 Å². The highest BCUT2D eigenvalue weighted by Gasteiger charge is 2.19. The number of Topliss-reactive ketones (excluding diaryl/α,β-unsaturated/α-hetero) is 1. The van der Waals surface area contributed by atoms with Gasteiger partial charge in [-0.3, -0.25) is 25.0 Å². The smallest absolute Gasteiger partial charge is 0.282 e. The van der Waals surface area contributed by atoms with E-state index in [1.807, 2.05) is 0 Å². The van der Waals surface area contributed by atoms with E-state index in [1.54, 1.807) is 24.3 Å². The Morgan fingerprint density at radius 1 is 1.12 bits per heavy atom. The zero-order valence-corrected chi connectivity index (χ0v) is 12.7. The molecule has 0 atom stereocenters. The molecule has 0 aliphatic carbocycles. The standard InChI is InChI=1S/C16H14N4O4/c1-10(21)11-6-8-12(9-7-11)18-16(17)19-15(22)13-4-2-3-5-14(13)20(23)24/h2-9H,1H3,(H3,17,18,19,22). The third-order valence-corrected chi connectivity index (χ3v) is 3.11. The molecule has 2 aromatic rings. The number of para-hydroxylation sites is 1. The molecule has 122 valence electrons. The molecule has 0 aliphatic heterocycles. The first kappa shape index (κ1) is 16.8. The van der Waals surface area contributed by atoms with Crippen molar-refractivity contribution in [2.24, 2.45) is 10.7 Å². The summed E-state index contributed by atoms with van der Waals surface area (Å²) < 4.78 is 0. The number of guanidine groups is 1. The molecule has 0 bridgehead atoms. The Balaban J connectivity index is 2.17. The number of carbonyl (C=O) groups is 2. The van der Waals surface area contributed by atoms with Crippen molar-refractivity contribution < 1.29 is 14.5 Å². The quantitative estimate of drug-likeness (QED) is 0.292. The highest BCUT2D eigenvalue weighted by molar-refractivity contribution is 6.07. The summed E-state index contributed by atoms with van der Waals surface area (Å²) in [6.07, 6.45) is 0. The first-order chi connectivity index (χ1) is 11.4. The molecule has 0 aliphatic rings. The molecule has 0 aromatic heterocycles. The highest BCUT2D eigenvalue weighted by Crippen LogP contribution is 2.17. The van der Waals surface area contributed by atoms with Gasteiger partial charge in [-0.1, -0.05) is 12.1 Å². The van der Waals surface area contributed by atoms with E-state index in [0.717, 1.165) is 0 Å². The van der Waals surface area contributed by atoms with Crippen LogP contribution in [-0.2, 0) is 0 Å². The fourth-order valence-electron chi connectivity index (χ4n) is 1.95. The number of carbonyl (C=O) groups excluding carboxylic acids is 2. The maximum absolute atomic E-state index is 12.1. The average molecular weight is 326 g/mol. The number of nitro groups is 1. The second kappa shape index (κ2) is 7.14.